The Bertz CT molecular complexity index is 17.1. The first-order valence-corrected chi connectivity index (χ1v) is 2.67. The zero-order chi connectivity index (χ0) is 2.71. The van der Waals surface area contributed by atoms with Crippen LogP contribution in [0.5, 0.6) is 0 Å². The van der Waals surface area contributed by atoms with Gasteiger partial charge in [0, 0.05) is 0 Å². The van der Waals surface area contributed by atoms with Gasteiger partial charge in [0.2, 0.25) is 0 Å². The molecular weight excluding hydrogens is 135 g/mol. The Kier molecular flexibility index (Phi) is 53.7. The molecule has 0 aliphatic heterocycles. The third-order valence-corrected chi connectivity index (χ3v) is 0. The van der Waals surface area contributed by atoms with E-state index in [1.807, 2.05) is 0 Å². The first kappa shape index (κ1) is 15.8. The molecule has 0 saturated heterocycles. The molecule has 0 aromatic rings. The summed E-state index contributed by atoms with van der Waals surface area (Å²) in [7, 11) is 4.53. The van der Waals surface area contributed by atoms with E-state index in [4.69, 9.17) is 3.80 Å². The van der Waals surface area contributed by atoms with Crippen LogP contribution in [-0.4, -0.2) is 57.4 Å². The molecule has 2 N–H and O–H groups in total. The maximum atomic E-state index is 8.78. The Morgan fingerprint density at radius 3 is 1.60 bits per heavy atom. The molecule has 0 bridgehead atoms. The van der Waals surface area contributed by atoms with Crippen LogP contribution < -0.4 is 0 Å². The second-order valence-corrected chi connectivity index (χ2v) is 0.802. The van der Waals surface area contributed by atoms with Crippen molar-refractivity contribution >= 4 is 62.0 Å². The fourth-order valence-corrected chi connectivity index (χ4v) is 0. The summed E-state index contributed by atoms with van der Waals surface area (Å²) in [6.45, 7) is 0. The summed E-state index contributed by atoms with van der Waals surface area (Å²) >= 11 is -1.03. The van der Waals surface area contributed by atoms with Crippen LogP contribution in [-0.2, 0) is 3.80 Å². The summed E-state index contributed by atoms with van der Waals surface area (Å²) in [5, 5.41) is 0. The Balaban J connectivity index is -0.0000000200. The fraction of sp³-hybridized carbons (Fsp3) is 0. The molecule has 0 spiro atoms. The van der Waals surface area contributed by atoms with E-state index in [-0.39, 0.29) is 43.2 Å². The molecule has 0 rings (SSSR count). The maximum absolute atomic E-state index is 8.78. The van der Waals surface area contributed by atoms with Crippen molar-refractivity contribution in [2.75, 3.05) is 0 Å². The van der Waals surface area contributed by atoms with Crippen molar-refractivity contribution in [3.05, 3.63) is 0 Å². The Morgan fingerprint density at radius 1 is 1.60 bits per heavy atom. The predicted octanol–water partition coefficient (Wildman–Crippen LogP) is -1.55. The molecule has 2 nitrogen and oxygen atoms in total. The van der Waals surface area contributed by atoms with Crippen LogP contribution in [0.15, 0.2) is 0 Å². The Labute approximate surface area is 70.3 Å². The monoisotopic (exact) mass is 138 g/mol. The third kappa shape index (κ3) is 25.4. The number of hydrogen-bond donors (Lipinski definition) is 0. The molecule has 0 amide bonds. The first-order chi connectivity index (χ1) is 1.41. The van der Waals surface area contributed by atoms with Crippen LogP contribution in [0.4, 0.5) is 0 Å². The van der Waals surface area contributed by atoms with E-state index in [2.05, 4.69) is 10.0 Å². The minimum atomic E-state index is -1.03. The number of hydrogen-bond acceptors (Lipinski definition) is 1. The molecule has 0 atom stereocenters. The van der Waals surface area contributed by atoms with Gasteiger partial charge in [-0.25, -0.2) is 0 Å². The van der Waals surface area contributed by atoms with Crippen molar-refractivity contribution < 1.29 is 9.28 Å². The second-order valence-electron chi connectivity index (χ2n) is 0.0891. The van der Waals surface area contributed by atoms with Crippen molar-refractivity contribution in [2.24, 2.45) is 0 Å². The van der Waals surface area contributed by atoms with Gasteiger partial charge in [-0.15, -0.1) is 0 Å². The quantitative estimate of drug-likeness (QED) is 0.374. The minimum absolute atomic E-state index is 0. The molecule has 0 aliphatic rings. The third-order valence-electron chi connectivity index (χ3n) is 0. The van der Waals surface area contributed by atoms with Gasteiger partial charge < -0.3 is 5.48 Å². The van der Waals surface area contributed by atoms with Crippen molar-refractivity contribution in [1.82, 2.24) is 0 Å². The van der Waals surface area contributed by atoms with Gasteiger partial charge in [-0.05, 0) is 0 Å². The molecule has 0 unspecified atom stereocenters. The zero-order valence-electron chi connectivity index (χ0n) is 1.86. The van der Waals surface area contributed by atoms with E-state index in [0.717, 1.165) is 0 Å². The van der Waals surface area contributed by atoms with Crippen LogP contribution in [0.2, 0.25) is 0 Å². The molecule has 0 aromatic carbocycles. The van der Waals surface area contributed by atoms with Crippen LogP contribution in [0.25, 0.3) is 0 Å². The summed E-state index contributed by atoms with van der Waals surface area (Å²) in [6, 6.07) is 0. The standard InChI is InChI=1S/Al.Ca.ClH.H2O.O.2H/h;;1H;1H2;;;/q+1;;;;;;/p-1. The topological polar surface area (TPSA) is 48.6 Å². The number of halogens is 1. The molecule has 0 aromatic heterocycles. The van der Waals surface area contributed by atoms with Crippen molar-refractivity contribution in [2.45, 2.75) is 0 Å². The van der Waals surface area contributed by atoms with Gasteiger partial charge in [0.25, 0.3) is 0 Å². The molecule has 0 aliphatic carbocycles. The molecule has 0 radical (unpaired) electrons. The van der Waals surface area contributed by atoms with Crippen molar-refractivity contribution in [3.8, 4) is 0 Å². The van der Waals surface area contributed by atoms with E-state index < -0.39 is 14.2 Å². The van der Waals surface area contributed by atoms with E-state index >= 15 is 0 Å². The second kappa shape index (κ2) is 17.0. The van der Waals surface area contributed by atoms with Gasteiger partial charge in [0.15, 0.2) is 0 Å². The van der Waals surface area contributed by atoms with E-state index in [1.165, 1.54) is 0 Å². The van der Waals surface area contributed by atoms with Gasteiger partial charge in [0.1, 0.15) is 0 Å². The van der Waals surface area contributed by atoms with Crippen molar-refractivity contribution in [3.63, 3.8) is 0 Å². The first-order valence-electron chi connectivity index (χ1n) is 0.454. The van der Waals surface area contributed by atoms with Gasteiger partial charge in [-0.2, -0.15) is 0 Å². The van der Waals surface area contributed by atoms with Crippen LogP contribution in [0.3, 0.4) is 0 Å². The van der Waals surface area contributed by atoms with E-state index in [0.29, 0.717) is 0 Å². The molecule has 5 heteroatoms. The van der Waals surface area contributed by atoms with Gasteiger partial charge >= 0.3 is 65.8 Å². The fourth-order valence-electron chi connectivity index (χ4n) is 0. The average Bonchev–Trinajstić information content (AvgIpc) is 0.918. The number of rotatable bonds is 0. The van der Waals surface area contributed by atoms with Crippen LogP contribution in [0, 0.1) is 0 Å². The Morgan fingerprint density at radius 2 is 1.60 bits per heavy atom. The summed E-state index contributed by atoms with van der Waals surface area (Å²) in [4.78, 5) is 0. The van der Waals surface area contributed by atoms with Crippen molar-refractivity contribution in [1.29, 1.82) is 0 Å². The zero-order valence-corrected chi connectivity index (χ0v) is 3.77. The summed E-state index contributed by atoms with van der Waals surface area (Å²) in [5.74, 6) is 0. The molecule has 0 fully saturated rings. The van der Waals surface area contributed by atoms with E-state index in [9.17, 15) is 0 Å². The van der Waals surface area contributed by atoms with Crippen LogP contribution >= 0.6 is 10.0 Å². The predicted molar refractivity (Wildman–Crippen MR) is 24.5 cm³/mol. The summed E-state index contributed by atoms with van der Waals surface area (Å²) < 4.78 is 8.78. The van der Waals surface area contributed by atoms with Gasteiger partial charge in [0.05, 0.1) is 0 Å². The molecule has 28 valence electrons. The normalized spacial score (nSPS) is 1.80. The SMILES string of the molecule is O.[CaH2].[O]=[Al][Cl]. The molecule has 5 heavy (non-hydrogen) atoms. The van der Waals surface area contributed by atoms with E-state index in [1.54, 1.807) is 0 Å². The summed E-state index contributed by atoms with van der Waals surface area (Å²) in [6.07, 6.45) is 0. The Hall–Kier alpha value is 1.84. The average molecular weight is 139 g/mol. The van der Waals surface area contributed by atoms with Crippen LogP contribution in [0.1, 0.15) is 0 Å². The van der Waals surface area contributed by atoms with Gasteiger partial charge in [-0.3, -0.25) is 0 Å². The molecule has 0 saturated carbocycles. The molecular formula is H4AlCaClO2. The summed E-state index contributed by atoms with van der Waals surface area (Å²) in [5.41, 5.74) is 0. The van der Waals surface area contributed by atoms with Gasteiger partial charge in [-0.1, -0.05) is 0 Å². The molecule has 0 heterocycles.